The Bertz CT molecular complexity index is 644. The third-order valence-electron chi connectivity index (χ3n) is 5.79. The van der Waals surface area contributed by atoms with Gasteiger partial charge < -0.3 is 15.4 Å². The number of aromatic nitrogens is 3. The van der Waals surface area contributed by atoms with E-state index in [9.17, 15) is 0 Å². The Morgan fingerprint density at radius 3 is 2.96 bits per heavy atom. The number of hydrogen-bond donors (Lipinski definition) is 2. The monoisotopic (exact) mass is 391 g/mol. The van der Waals surface area contributed by atoms with Crippen LogP contribution in [0.4, 0.5) is 0 Å². The Kier molecular flexibility index (Phi) is 7.67. The molecule has 0 saturated carbocycles. The lowest BCUT2D eigenvalue weighted by molar-refractivity contribution is 0.118. The lowest BCUT2D eigenvalue weighted by Gasteiger charge is -2.37. The number of fused-ring (bicyclic) bond motifs is 1. The minimum absolute atomic E-state index is 0.312. The molecule has 2 aliphatic heterocycles. The van der Waals surface area contributed by atoms with Gasteiger partial charge >= 0.3 is 0 Å². The summed E-state index contributed by atoms with van der Waals surface area (Å²) in [6.45, 7) is 10.9. The number of nitrogens with zero attached hydrogens (tertiary/aromatic N) is 5. The van der Waals surface area contributed by atoms with Gasteiger partial charge in [-0.25, -0.2) is 9.67 Å². The summed E-state index contributed by atoms with van der Waals surface area (Å²) in [6.07, 6.45) is 5.93. The Labute approximate surface area is 169 Å². The molecule has 2 aliphatic rings. The maximum absolute atomic E-state index is 5.15. The third kappa shape index (κ3) is 5.44. The average Bonchev–Trinajstić information content (AvgIpc) is 3.08. The van der Waals surface area contributed by atoms with Crippen LogP contribution in [0.1, 0.15) is 58.1 Å². The highest BCUT2D eigenvalue weighted by atomic mass is 16.5. The van der Waals surface area contributed by atoms with Crippen molar-refractivity contribution in [3.05, 3.63) is 11.6 Å². The van der Waals surface area contributed by atoms with Gasteiger partial charge in [0, 0.05) is 38.2 Å². The molecule has 8 heteroatoms. The molecule has 3 unspecified atom stereocenters. The quantitative estimate of drug-likeness (QED) is 0.542. The van der Waals surface area contributed by atoms with Gasteiger partial charge in [0.05, 0.1) is 13.1 Å². The molecule has 1 fully saturated rings. The van der Waals surface area contributed by atoms with Gasteiger partial charge in [0.1, 0.15) is 12.4 Å². The summed E-state index contributed by atoms with van der Waals surface area (Å²) in [5.41, 5.74) is 0. The maximum Gasteiger partial charge on any atom is 0.191 e. The van der Waals surface area contributed by atoms with E-state index in [4.69, 9.17) is 9.73 Å². The fourth-order valence-electron chi connectivity index (χ4n) is 4.29. The van der Waals surface area contributed by atoms with Crippen LogP contribution in [-0.2, 0) is 24.3 Å². The standard InChI is InChI=1S/C20H37N7O/c1-5-21-20(22-12-16(3)26-11-7-6-8-15(26)2)23-17-9-10-19-24-18(14-28-4)25-27(19)13-17/h15-17H,5-14H2,1-4H3,(H2,21,22,23). The van der Waals surface area contributed by atoms with Crippen molar-refractivity contribution in [2.45, 2.75) is 84.2 Å². The molecule has 0 radical (unpaired) electrons. The molecular weight excluding hydrogens is 354 g/mol. The molecule has 1 aromatic heterocycles. The van der Waals surface area contributed by atoms with E-state index in [0.717, 1.165) is 50.1 Å². The minimum atomic E-state index is 0.312. The van der Waals surface area contributed by atoms with Gasteiger partial charge in [0.25, 0.3) is 0 Å². The van der Waals surface area contributed by atoms with E-state index >= 15 is 0 Å². The molecule has 2 N–H and O–H groups in total. The zero-order valence-corrected chi connectivity index (χ0v) is 17.9. The third-order valence-corrected chi connectivity index (χ3v) is 5.79. The number of rotatable bonds is 7. The predicted molar refractivity (Wildman–Crippen MR) is 111 cm³/mol. The van der Waals surface area contributed by atoms with E-state index in [1.54, 1.807) is 7.11 Å². The fourth-order valence-corrected chi connectivity index (χ4v) is 4.29. The normalized spacial score (nSPS) is 24.6. The molecule has 3 atom stereocenters. The summed E-state index contributed by atoms with van der Waals surface area (Å²) in [4.78, 5) is 12.1. The average molecular weight is 392 g/mol. The molecule has 3 heterocycles. The van der Waals surface area contributed by atoms with Crippen LogP contribution in [-0.4, -0.2) is 70.5 Å². The van der Waals surface area contributed by atoms with Gasteiger partial charge in [0.2, 0.25) is 0 Å². The smallest absolute Gasteiger partial charge is 0.191 e. The lowest BCUT2D eigenvalue weighted by atomic mass is 10.0. The predicted octanol–water partition coefficient (Wildman–Crippen LogP) is 1.56. The molecule has 28 heavy (non-hydrogen) atoms. The minimum Gasteiger partial charge on any atom is -0.377 e. The first kappa shape index (κ1) is 21.0. The van der Waals surface area contributed by atoms with Gasteiger partial charge in [0.15, 0.2) is 11.8 Å². The molecule has 1 aromatic rings. The van der Waals surface area contributed by atoms with Crippen molar-refractivity contribution in [2.75, 3.05) is 26.7 Å². The second kappa shape index (κ2) is 10.2. The first-order valence-corrected chi connectivity index (χ1v) is 10.8. The molecular formula is C20H37N7O. The van der Waals surface area contributed by atoms with E-state index in [1.807, 2.05) is 4.68 Å². The first-order valence-electron chi connectivity index (χ1n) is 10.8. The molecule has 8 nitrogen and oxygen atoms in total. The van der Waals surface area contributed by atoms with Crippen LogP contribution in [0.25, 0.3) is 0 Å². The van der Waals surface area contributed by atoms with Crippen molar-refractivity contribution in [3.8, 4) is 0 Å². The van der Waals surface area contributed by atoms with Crippen LogP contribution in [0.2, 0.25) is 0 Å². The van der Waals surface area contributed by atoms with Crippen LogP contribution in [0, 0.1) is 0 Å². The largest absolute Gasteiger partial charge is 0.377 e. The number of piperidine rings is 1. The second-order valence-electron chi connectivity index (χ2n) is 8.09. The van der Waals surface area contributed by atoms with Crippen molar-refractivity contribution in [1.82, 2.24) is 30.3 Å². The molecule has 158 valence electrons. The Morgan fingerprint density at radius 2 is 2.21 bits per heavy atom. The van der Waals surface area contributed by atoms with Gasteiger partial charge in [-0.15, -0.1) is 0 Å². The summed E-state index contributed by atoms with van der Waals surface area (Å²) >= 11 is 0. The van der Waals surface area contributed by atoms with E-state index in [1.165, 1.54) is 25.8 Å². The van der Waals surface area contributed by atoms with Crippen molar-refractivity contribution in [2.24, 2.45) is 4.99 Å². The lowest BCUT2D eigenvalue weighted by Crippen LogP contribution is -2.48. The number of aliphatic imine (C=N–C) groups is 1. The molecule has 0 aromatic carbocycles. The zero-order valence-electron chi connectivity index (χ0n) is 17.9. The van der Waals surface area contributed by atoms with Crippen molar-refractivity contribution >= 4 is 5.96 Å². The maximum atomic E-state index is 5.15. The Morgan fingerprint density at radius 1 is 1.36 bits per heavy atom. The van der Waals surface area contributed by atoms with Crippen LogP contribution in [0.5, 0.6) is 0 Å². The number of nitrogens with one attached hydrogen (secondary N) is 2. The number of guanidine groups is 1. The second-order valence-corrected chi connectivity index (χ2v) is 8.09. The van der Waals surface area contributed by atoms with E-state index < -0.39 is 0 Å². The van der Waals surface area contributed by atoms with Crippen molar-refractivity contribution in [1.29, 1.82) is 0 Å². The van der Waals surface area contributed by atoms with Crippen LogP contribution in [0.15, 0.2) is 4.99 Å². The molecule has 0 aliphatic carbocycles. The van der Waals surface area contributed by atoms with Gasteiger partial charge in [-0.3, -0.25) is 9.89 Å². The number of methoxy groups -OCH3 is 1. The van der Waals surface area contributed by atoms with Crippen LogP contribution in [0.3, 0.4) is 0 Å². The van der Waals surface area contributed by atoms with Crippen LogP contribution >= 0.6 is 0 Å². The number of ether oxygens (including phenoxy) is 1. The molecule has 0 spiro atoms. The van der Waals surface area contributed by atoms with E-state index in [0.29, 0.717) is 24.7 Å². The summed E-state index contributed by atoms with van der Waals surface area (Å²) in [5.74, 6) is 2.73. The molecule has 0 amide bonds. The number of likely N-dealkylation sites (tertiary alicyclic amines) is 1. The first-order chi connectivity index (χ1) is 13.6. The summed E-state index contributed by atoms with van der Waals surface area (Å²) in [6, 6.07) is 1.45. The Balaban J connectivity index is 1.57. The highest BCUT2D eigenvalue weighted by Crippen LogP contribution is 2.19. The molecule has 1 saturated heterocycles. The van der Waals surface area contributed by atoms with E-state index in [2.05, 4.69) is 46.4 Å². The number of hydrogen-bond acceptors (Lipinski definition) is 5. The summed E-state index contributed by atoms with van der Waals surface area (Å²) in [7, 11) is 1.68. The van der Waals surface area contributed by atoms with Gasteiger partial charge in [-0.05, 0) is 46.6 Å². The number of aryl methyl sites for hydroxylation is 1. The summed E-state index contributed by atoms with van der Waals surface area (Å²) < 4.78 is 7.16. The molecule has 0 bridgehead atoms. The topological polar surface area (TPSA) is 79.6 Å². The highest BCUT2D eigenvalue weighted by molar-refractivity contribution is 5.80. The molecule has 3 rings (SSSR count). The van der Waals surface area contributed by atoms with Crippen molar-refractivity contribution in [3.63, 3.8) is 0 Å². The van der Waals surface area contributed by atoms with Crippen LogP contribution < -0.4 is 10.6 Å². The highest BCUT2D eigenvalue weighted by Gasteiger charge is 2.24. The van der Waals surface area contributed by atoms with Crippen molar-refractivity contribution < 1.29 is 4.74 Å². The Hall–Kier alpha value is -1.67. The SMILES string of the molecule is CCNC(=NCC(C)N1CCCCC1C)NC1CCc2nc(COC)nn2C1. The van der Waals surface area contributed by atoms with Gasteiger partial charge in [-0.2, -0.15) is 5.10 Å². The zero-order chi connectivity index (χ0) is 19.9. The summed E-state index contributed by atoms with van der Waals surface area (Å²) in [5, 5.41) is 11.6. The van der Waals surface area contributed by atoms with Gasteiger partial charge in [-0.1, -0.05) is 6.42 Å². The fraction of sp³-hybridized carbons (Fsp3) is 0.850. The van der Waals surface area contributed by atoms with E-state index in [-0.39, 0.29) is 0 Å².